The number of fused-ring (bicyclic) bond motifs is 4. The summed E-state index contributed by atoms with van der Waals surface area (Å²) in [5, 5.41) is 14.6. The monoisotopic (exact) mass is 407 g/mol. The van der Waals surface area contributed by atoms with E-state index >= 15 is 0 Å². The van der Waals surface area contributed by atoms with E-state index in [0.29, 0.717) is 23.1 Å². The third-order valence-corrected chi connectivity index (χ3v) is 5.54. The predicted octanol–water partition coefficient (Wildman–Crippen LogP) is 4.49. The highest BCUT2D eigenvalue weighted by Gasteiger charge is 2.33. The molecule has 1 atom stereocenters. The highest BCUT2D eigenvalue weighted by atomic mass is 16.5. The summed E-state index contributed by atoms with van der Waals surface area (Å²) in [6.07, 6.45) is 5.04. The normalized spacial score (nSPS) is 14.7. The van der Waals surface area contributed by atoms with Crippen LogP contribution in [0.25, 0.3) is 17.0 Å². The fourth-order valence-electron chi connectivity index (χ4n) is 4.03. The number of aryl methyl sites for hydroxylation is 1. The summed E-state index contributed by atoms with van der Waals surface area (Å²) in [4.78, 5) is 13.4. The van der Waals surface area contributed by atoms with Crippen molar-refractivity contribution in [3.8, 4) is 28.8 Å². The van der Waals surface area contributed by atoms with Crippen molar-refractivity contribution in [2.45, 2.75) is 12.8 Å². The number of nitrogens with zero attached hydrogens (tertiary/aromatic N) is 5. The number of hydrogen-bond donors (Lipinski definition) is 1. The number of phenolic OH excluding ortho intramolecular Hbond substituents is 1. The Morgan fingerprint density at radius 1 is 1.00 bits per heavy atom. The second-order valence-electron chi connectivity index (χ2n) is 7.57. The zero-order chi connectivity index (χ0) is 20.9. The van der Waals surface area contributed by atoms with Gasteiger partial charge in [-0.05, 0) is 30.7 Å². The van der Waals surface area contributed by atoms with Gasteiger partial charge in [0.05, 0.1) is 5.56 Å². The van der Waals surface area contributed by atoms with E-state index in [1.165, 1.54) is 5.56 Å². The molecule has 1 N–H and O–H groups in total. The molecule has 3 aromatic heterocycles. The van der Waals surface area contributed by atoms with Gasteiger partial charge in [-0.15, -0.1) is 5.10 Å². The van der Waals surface area contributed by atoms with Gasteiger partial charge in [-0.1, -0.05) is 35.9 Å². The van der Waals surface area contributed by atoms with E-state index in [-0.39, 0.29) is 11.7 Å². The number of hydrogen-bond acceptors (Lipinski definition) is 6. The molecule has 0 radical (unpaired) electrons. The van der Waals surface area contributed by atoms with Crippen LogP contribution in [0.1, 0.15) is 28.2 Å². The van der Waals surface area contributed by atoms with Crippen LogP contribution in [-0.4, -0.2) is 29.7 Å². The topological polar surface area (TPSA) is 85.4 Å². The molecule has 7 nitrogen and oxygen atoms in total. The average Bonchev–Trinajstić information content (AvgIpc) is 3.23. The van der Waals surface area contributed by atoms with Crippen molar-refractivity contribution in [2.75, 3.05) is 0 Å². The second-order valence-corrected chi connectivity index (χ2v) is 7.57. The molecule has 0 aliphatic carbocycles. The van der Waals surface area contributed by atoms with Crippen molar-refractivity contribution >= 4 is 5.65 Å². The van der Waals surface area contributed by atoms with Crippen molar-refractivity contribution in [3.05, 3.63) is 95.6 Å². The summed E-state index contributed by atoms with van der Waals surface area (Å²) < 4.78 is 7.78. The molecule has 1 aliphatic heterocycles. The fourth-order valence-corrected chi connectivity index (χ4v) is 4.03. The second kappa shape index (κ2) is 6.63. The molecule has 0 saturated carbocycles. The van der Waals surface area contributed by atoms with Gasteiger partial charge in [-0.3, -0.25) is 4.98 Å². The van der Waals surface area contributed by atoms with E-state index in [4.69, 9.17) is 9.72 Å². The Labute approximate surface area is 177 Å². The number of ether oxygens (including phenoxy) is 1. The first-order chi connectivity index (χ1) is 15.2. The van der Waals surface area contributed by atoms with Gasteiger partial charge in [-0.25, -0.2) is 14.5 Å². The Balaban J connectivity index is 1.62. The predicted molar refractivity (Wildman–Crippen MR) is 114 cm³/mol. The summed E-state index contributed by atoms with van der Waals surface area (Å²) >= 11 is 0. The molecule has 1 unspecified atom stereocenters. The van der Waals surface area contributed by atoms with E-state index in [1.807, 2.05) is 18.2 Å². The van der Waals surface area contributed by atoms with E-state index in [2.05, 4.69) is 46.3 Å². The Bertz CT molecular complexity index is 1430. The van der Waals surface area contributed by atoms with Gasteiger partial charge in [0.25, 0.3) is 0 Å². The molecule has 31 heavy (non-hydrogen) atoms. The van der Waals surface area contributed by atoms with E-state index in [1.54, 1.807) is 35.4 Å². The molecule has 0 amide bonds. The molecule has 7 heteroatoms. The Kier molecular flexibility index (Phi) is 3.76. The number of benzene rings is 2. The van der Waals surface area contributed by atoms with Crippen molar-refractivity contribution in [1.82, 2.24) is 24.6 Å². The summed E-state index contributed by atoms with van der Waals surface area (Å²) in [5.41, 5.74) is 5.61. The highest BCUT2D eigenvalue weighted by Crippen LogP contribution is 2.48. The summed E-state index contributed by atoms with van der Waals surface area (Å²) in [7, 11) is 0. The van der Waals surface area contributed by atoms with Crippen LogP contribution >= 0.6 is 0 Å². The van der Waals surface area contributed by atoms with Crippen LogP contribution in [0.4, 0.5) is 0 Å². The molecule has 5 aromatic rings. The lowest BCUT2D eigenvalue weighted by Crippen LogP contribution is -2.15. The quantitative estimate of drug-likeness (QED) is 0.455. The molecular weight excluding hydrogens is 390 g/mol. The first-order valence-corrected chi connectivity index (χ1v) is 9.90. The minimum atomic E-state index is -0.161. The zero-order valence-corrected chi connectivity index (χ0v) is 16.6. The highest BCUT2D eigenvalue weighted by molar-refractivity contribution is 5.68. The SMILES string of the molecule is Cc1ccc(C2c3ccc(O)cc3Oc3ncn4nc(-c5ccncc5)nc4c32)cc1. The molecule has 0 bridgehead atoms. The van der Waals surface area contributed by atoms with Gasteiger partial charge in [0.15, 0.2) is 11.5 Å². The van der Waals surface area contributed by atoms with E-state index in [9.17, 15) is 5.11 Å². The Hall–Kier alpha value is -4.26. The molecule has 0 spiro atoms. The van der Waals surface area contributed by atoms with Crippen molar-refractivity contribution in [3.63, 3.8) is 0 Å². The lowest BCUT2D eigenvalue weighted by Gasteiger charge is -2.27. The van der Waals surface area contributed by atoms with Crippen LogP contribution in [0.3, 0.4) is 0 Å². The Morgan fingerprint density at radius 2 is 1.81 bits per heavy atom. The summed E-state index contributed by atoms with van der Waals surface area (Å²) in [6, 6.07) is 17.3. The third kappa shape index (κ3) is 2.82. The molecule has 6 rings (SSSR count). The van der Waals surface area contributed by atoms with Crippen molar-refractivity contribution in [1.29, 1.82) is 0 Å². The fraction of sp³-hybridized carbons (Fsp3) is 0.0833. The first kappa shape index (κ1) is 17.6. The third-order valence-electron chi connectivity index (χ3n) is 5.54. The number of aromatic hydroxyl groups is 1. The minimum absolute atomic E-state index is 0.147. The van der Waals surface area contributed by atoms with Crippen LogP contribution in [0.2, 0.25) is 0 Å². The molecular formula is C24H17N5O2. The molecule has 2 aromatic carbocycles. The van der Waals surface area contributed by atoms with Crippen LogP contribution in [0.15, 0.2) is 73.3 Å². The smallest absolute Gasteiger partial charge is 0.228 e. The summed E-state index contributed by atoms with van der Waals surface area (Å²) in [6.45, 7) is 2.06. The van der Waals surface area contributed by atoms with Gasteiger partial charge in [-0.2, -0.15) is 0 Å². The number of aromatic nitrogens is 5. The minimum Gasteiger partial charge on any atom is -0.508 e. The van der Waals surface area contributed by atoms with Gasteiger partial charge >= 0.3 is 0 Å². The zero-order valence-electron chi connectivity index (χ0n) is 16.6. The average molecular weight is 407 g/mol. The number of rotatable bonds is 2. The molecule has 150 valence electrons. The number of phenols is 1. The maximum atomic E-state index is 10.00. The van der Waals surface area contributed by atoms with E-state index in [0.717, 1.165) is 22.3 Å². The van der Waals surface area contributed by atoms with Gasteiger partial charge < -0.3 is 9.84 Å². The first-order valence-electron chi connectivity index (χ1n) is 9.90. The van der Waals surface area contributed by atoms with Gasteiger partial charge in [0.2, 0.25) is 5.88 Å². The largest absolute Gasteiger partial charge is 0.508 e. The van der Waals surface area contributed by atoms with Gasteiger partial charge in [0.1, 0.15) is 17.8 Å². The van der Waals surface area contributed by atoms with Crippen LogP contribution < -0.4 is 4.74 Å². The standard InChI is InChI=1S/C24H17N5O2/c1-14-2-4-15(5-3-14)20-18-7-6-17(30)12-19(18)31-24-21(20)23-27-22(28-29(23)13-26-24)16-8-10-25-11-9-16/h2-13,20,30H,1H3. The van der Waals surface area contributed by atoms with Crippen LogP contribution in [0, 0.1) is 6.92 Å². The van der Waals surface area contributed by atoms with E-state index < -0.39 is 0 Å². The van der Waals surface area contributed by atoms with Crippen LogP contribution in [-0.2, 0) is 0 Å². The van der Waals surface area contributed by atoms with Crippen molar-refractivity contribution < 1.29 is 9.84 Å². The maximum absolute atomic E-state index is 10.00. The summed E-state index contributed by atoms with van der Waals surface area (Å²) in [5.74, 6) is 1.63. The molecule has 0 saturated heterocycles. The van der Waals surface area contributed by atoms with Gasteiger partial charge in [0, 0.05) is 35.5 Å². The molecule has 4 heterocycles. The van der Waals surface area contributed by atoms with Crippen LogP contribution in [0.5, 0.6) is 17.4 Å². The molecule has 0 fully saturated rings. The Morgan fingerprint density at radius 3 is 2.61 bits per heavy atom. The maximum Gasteiger partial charge on any atom is 0.228 e. The molecule has 1 aliphatic rings. The lowest BCUT2D eigenvalue weighted by molar-refractivity contribution is 0.422. The lowest BCUT2D eigenvalue weighted by atomic mass is 9.83. The van der Waals surface area contributed by atoms with Crippen molar-refractivity contribution in [2.24, 2.45) is 0 Å². The number of pyridine rings is 1.